The van der Waals surface area contributed by atoms with E-state index in [1.165, 1.54) is 0 Å². The molecule has 0 bridgehead atoms. The predicted octanol–water partition coefficient (Wildman–Crippen LogP) is 3.14. The van der Waals surface area contributed by atoms with Crippen molar-refractivity contribution in [1.82, 2.24) is 15.3 Å². The van der Waals surface area contributed by atoms with Gasteiger partial charge in [0.25, 0.3) is 5.56 Å². The normalized spacial score (nSPS) is 10.5. The molecule has 6 nitrogen and oxygen atoms in total. The molecule has 3 aromatic rings. The third-order valence-electron chi connectivity index (χ3n) is 4.33. The Morgan fingerprint density at radius 2 is 1.68 bits per heavy atom. The van der Waals surface area contributed by atoms with Crippen LogP contribution >= 0.6 is 0 Å². The van der Waals surface area contributed by atoms with Crippen molar-refractivity contribution in [1.29, 1.82) is 0 Å². The monoisotopic (exact) mass is 377 g/mol. The zero-order chi connectivity index (χ0) is 19.8. The lowest BCUT2D eigenvalue weighted by atomic mass is 10.1. The highest BCUT2D eigenvalue weighted by molar-refractivity contribution is 5.67. The first-order valence-corrected chi connectivity index (χ1v) is 9.19. The number of benzene rings is 2. The lowest BCUT2D eigenvalue weighted by Gasteiger charge is -2.09. The molecule has 2 aromatic carbocycles. The lowest BCUT2D eigenvalue weighted by molar-refractivity contribution is 0.140. The van der Waals surface area contributed by atoms with Gasteiger partial charge in [-0.1, -0.05) is 60.7 Å². The number of ether oxygens (including phenoxy) is 1. The first-order valence-electron chi connectivity index (χ1n) is 9.19. The predicted molar refractivity (Wildman–Crippen MR) is 107 cm³/mol. The first kappa shape index (κ1) is 19.4. The Balaban J connectivity index is 1.51. The van der Waals surface area contributed by atoms with Crippen LogP contribution in [-0.4, -0.2) is 22.6 Å². The number of alkyl carbamates (subject to hydrolysis) is 1. The molecule has 6 heteroatoms. The molecule has 0 fully saturated rings. The summed E-state index contributed by atoms with van der Waals surface area (Å²) in [4.78, 5) is 31.4. The molecule has 0 spiro atoms. The van der Waals surface area contributed by atoms with Gasteiger partial charge in [0, 0.05) is 25.1 Å². The van der Waals surface area contributed by atoms with Crippen molar-refractivity contribution in [3.05, 3.63) is 99.2 Å². The summed E-state index contributed by atoms with van der Waals surface area (Å²) in [7, 11) is 0. The fraction of sp³-hybridized carbons (Fsp3) is 0.227. The topological polar surface area (TPSA) is 84.1 Å². The second-order valence-corrected chi connectivity index (χ2v) is 6.48. The van der Waals surface area contributed by atoms with Crippen molar-refractivity contribution in [2.45, 2.75) is 26.4 Å². The van der Waals surface area contributed by atoms with Gasteiger partial charge in [-0.25, -0.2) is 4.79 Å². The molecule has 28 heavy (non-hydrogen) atoms. The van der Waals surface area contributed by atoms with Crippen molar-refractivity contribution >= 4 is 6.09 Å². The molecule has 1 heterocycles. The molecule has 0 radical (unpaired) electrons. The molecule has 3 rings (SSSR count). The maximum atomic E-state index is 12.3. The number of nitrogens with one attached hydrogen (secondary N) is 2. The van der Waals surface area contributed by atoms with Crippen LogP contribution in [0.4, 0.5) is 4.79 Å². The number of carbonyl (C=O) groups excluding carboxylic acids is 1. The Hall–Kier alpha value is -3.41. The number of hydrogen-bond donors (Lipinski definition) is 2. The molecule has 2 N–H and O–H groups in total. The second kappa shape index (κ2) is 9.50. The van der Waals surface area contributed by atoms with Gasteiger partial charge in [0.05, 0.1) is 5.69 Å². The summed E-state index contributed by atoms with van der Waals surface area (Å²) in [5.74, 6) is 0. The Labute approximate surface area is 163 Å². The largest absolute Gasteiger partial charge is 0.445 e. The zero-order valence-corrected chi connectivity index (χ0v) is 15.8. The number of amides is 1. The van der Waals surface area contributed by atoms with Crippen molar-refractivity contribution in [3.63, 3.8) is 0 Å². The maximum absolute atomic E-state index is 12.3. The number of rotatable bonds is 7. The van der Waals surface area contributed by atoms with Gasteiger partial charge in [0.1, 0.15) is 12.3 Å². The first-order chi connectivity index (χ1) is 13.6. The van der Waals surface area contributed by atoms with E-state index in [0.29, 0.717) is 18.5 Å². The molecule has 0 atom stereocenters. The van der Waals surface area contributed by atoms with E-state index in [4.69, 9.17) is 4.74 Å². The fourth-order valence-corrected chi connectivity index (χ4v) is 2.82. The Morgan fingerprint density at radius 3 is 2.36 bits per heavy atom. The quantitative estimate of drug-likeness (QED) is 0.663. The van der Waals surface area contributed by atoms with E-state index >= 15 is 0 Å². The van der Waals surface area contributed by atoms with Gasteiger partial charge in [-0.2, -0.15) is 0 Å². The van der Waals surface area contributed by atoms with Crippen LogP contribution in [0.3, 0.4) is 0 Å². The number of H-pyrrole nitrogens is 1. The van der Waals surface area contributed by atoms with E-state index in [0.717, 1.165) is 22.5 Å². The summed E-state index contributed by atoms with van der Waals surface area (Å²) in [6.45, 7) is 2.36. The van der Waals surface area contributed by atoms with Gasteiger partial charge in [-0.3, -0.25) is 9.78 Å². The van der Waals surface area contributed by atoms with Gasteiger partial charge < -0.3 is 15.0 Å². The standard InChI is InChI=1S/C22H23N3O3/c1-16-20(14-17-8-4-2-5-9-17)25-21(26)19(24-16)12-13-23-22(27)28-15-18-10-6-3-7-11-18/h2-11H,12-15H2,1H3,(H,23,27)(H,25,26). The minimum absolute atomic E-state index is 0.207. The SMILES string of the molecule is Cc1nc(CCNC(=O)OCc2ccccc2)c(=O)[nH]c1Cc1ccccc1. The summed E-state index contributed by atoms with van der Waals surface area (Å²) in [5, 5.41) is 2.65. The summed E-state index contributed by atoms with van der Waals surface area (Å²) in [5.41, 5.74) is 3.79. The zero-order valence-electron chi connectivity index (χ0n) is 15.8. The minimum Gasteiger partial charge on any atom is -0.445 e. The fourth-order valence-electron chi connectivity index (χ4n) is 2.82. The minimum atomic E-state index is -0.516. The number of aromatic nitrogens is 2. The van der Waals surface area contributed by atoms with Gasteiger partial charge in [-0.05, 0) is 18.1 Å². The maximum Gasteiger partial charge on any atom is 0.407 e. The highest BCUT2D eigenvalue weighted by Crippen LogP contribution is 2.09. The van der Waals surface area contributed by atoms with E-state index in [-0.39, 0.29) is 18.7 Å². The molecule has 144 valence electrons. The van der Waals surface area contributed by atoms with Crippen molar-refractivity contribution < 1.29 is 9.53 Å². The Kier molecular flexibility index (Phi) is 6.57. The van der Waals surface area contributed by atoms with E-state index in [1.54, 1.807) is 0 Å². The van der Waals surface area contributed by atoms with Crippen LogP contribution in [0.15, 0.2) is 65.5 Å². The molecule has 1 amide bonds. The number of nitrogens with zero attached hydrogens (tertiary/aromatic N) is 1. The summed E-state index contributed by atoms with van der Waals surface area (Å²) in [6.07, 6.45) is 0.444. The highest BCUT2D eigenvalue weighted by atomic mass is 16.5. The van der Waals surface area contributed by atoms with Crippen molar-refractivity contribution in [2.24, 2.45) is 0 Å². The van der Waals surface area contributed by atoms with E-state index in [2.05, 4.69) is 15.3 Å². The van der Waals surface area contributed by atoms with Crippen LogP contribution in [0.25, 0.3) is 0 Å². The number of aryl methyl sites for hydroxylation is 1. The van der Waals surface area contributed by atoms with E-state index in [1.807, 2.05) is 67.6 Å². The summed E-state index contributed by atoms with van der Waals surface area (Å²) < 4.78 is 5.15. The number of hydrogen-bond acceptors (Lipinski definition) is 4. The van der Waals surface area contributed by atoms with Crippen LogP contribution in [0.2, 0.25) is 0 Å². The van der Waals surface area contributed by atoms with E-state index < -0.39 is 6.09 Å². The Morgan fingerprint density at radius 1 is 1.04 bits per heavy atom. The summed E-state index contributed by atoms with van der Waals surface area (Å²) in [6, 6.07) is 19.4. The van der Waals surface area contributed by atoms with Gasteiger partial charge in [-0.15, -0.1) is 0 Å². The van der Waals surface area contributed by atoms with Crippen molar-refractivity contribution in [2.75, 3.05) is 6.54 Å². The molecule has 0 unspecified atom stereocenters. The average Bonchev–Trinajstić information content (AvgIpc) is 2.71. The third kappa shape index (κ3) is 5.54. The smallest absolute Gasteiger partial charge is 0.407 e. The second-order valence-electron chi connectivity index (χ2n) is 6.48. The van der Waals surface area contributed by atoms with Crippen LogP contribution in [0.5, 0.6) is 0 Å². The molecular weight excluding hydrogens is 354 g/mol. The Bertz CT molecular complexity index is 969. The molecular formula is C22H23N3O3. The number of aromatic amines is 1. The van der Waals surface area contributed by atoms with E-state index in [9.17, 15) is 9.59 Å². The van der Waals surface area contributed by atoms with Crippen LogP contribution < -0.4 is 10.9 Å². The van der Waals surface area contributed by atoms with Gasteiger partial charge >= 0.3 is 6.09 Å². The average molecular weight is 377 g/mol. The van der Waals surface area contributed by atoms with Crippen molar-refractivity contribution in [3.8, 4) is 0 Å². The summed E-state index contributed by atoms with van der Waals surface area (Å²) >= 11 is 0. The molecule has 0 aliphatic carbocycles. The molecule has 0 aliphatic rings. The van der Waals surface area contributed by atoms with Gasteiger partial charge in [0.15, 0.2) is 0 Å². The van der Waals surface area contributed by atoms with Crippen LogP contribution in [0.1, 0.15) is 28.2 Å². The van der Waals surface area contributed by atoms with Gasteiger partial charge in [0.2, 0.25) is 0 Å². The van der Waals surface area contributed by atoms with Crippen LogP contribution in [0, 0.1) is 6.92 Å². The number of carbonyl (C=O) groups is 1. The van der Waals surface area contributed by atoms with Crippen LogP contribution in [-0.2, 0) is 24.2 Å². The molecule has 0 saturated heterocycles. The third-order valence-corrected chi connectivity index (χ3v) is 4.33. The molecule has 0 aliphatic heterocycles. The molecule has 1 aromatic heterocycles. The lowest BCUT2D eigenvalue weighted by Crippen LogP contribution is -2.29. The molecule has 0 saturated carbocycles. The highest BCUT2D eigenvalue weighted by Gasteiger charge is 2.09.